The summed E-state index contributed by atoms with van der Waals surface area (Å²) in [5, 5.41) is 11.9. The predicted molar refractivity (Wildman–Crippen MR) is 120 cm³/mol. The zero-order valence-electron chi connectivity index (χ0n) is 17.7. The van der Waals surface area contributed by atoms with Gasteiger partial charge in [-0.15, -0.1) is 10.2 Å². The van der Waals surface area contributed by atoms with Crippen LogP contribution in [0.4, 0.5) is 10.1 Å². The second kappa shape index (κ2) is 11.1. The summed E-state index contributed by atoms with van der Waals surface area (Å²) in [6.07, 6.45) is 0. The highest BCUT2D eigenvalue weighted by Gasteiger charge is 2.15. The summed E-state index contributed by atoms with van der Waals surface area (Å²) in [5.74, 6) is 1.50. The third kappa shape index (κ3) is 5.83. The molecule has 0 aliphatic rings. The minimum Gasteiger partial charge on any atom is -0.497 e. The highest BCUT2D eigenvalue weighted by Crippen LogP contribution is 2.29. The lowest BCUT2D eigenvalue weighted by atomic mass is 10.2. The lowest BCUT2D eigenvalue weighted by molar-refractivity contribution is -0.113. The molecule has 0 fully saturated rings. The van der Waals surface area contributed by atoms with E-state index in [2.05, 4.69) is 15.5 Å². The zero-order chi connectivity index (χ0) is 23.1. The standard InChI is InChI=1S/C21H22ClFN4O4S/c1-4-27-19(11-31-17-8-5-13(23)9-15(17)22)25-26-21(27)32-12-20(28)24-16-7-6-14(29-2)10-18(16)30-3/h5-10H,4,11-12H2,1-3H3,(H,24,28). The van der Waals surface area contributed by atoms with Gasteiger partial charge in [0.2, 0.25) is 5.91 Å². The Morgan fingerprint density at radius 3 is 2.66 bits per heavy atom. The predicted octanol–water partition coefficient (Wildman–Crippen LogP) is 4.42. The summed E-state index contributed by atoms with van der Waals surface area (Å²) in [6, 6.07) is 9.04. The molecule has 170 valence electrons. The highest BCUT2D eigenvalue weighted by atomic mass is 35.5. The van der Waals surface area contributed by atoms with Gasteiger partial charge in [0.15, 0.2) is 11.0 Å². The van der Waals surface area contributed by atoms with E-state index in [1.165, 1.54) is 37.1 Å². The fourth-order valence-corrected chi connectivity index (χ4v) is 3.85. The summed E-state index contributed by atoms with van der Waals surface area (Å²) in [6.45, 7) is 2.62. The molecule has 0 unspecified atom stereocenters. The number of rotatable bonds is 10. The van der Waals surface area contributed by atoms with Crippen LogP contribution in [0.3, 0.4) is 0 Å². The minimum atomic E-state index is -0.441. The first kappa shape index (κ1) is 23.7. The molecule has 0 saturated heterocycles. The number of hydrogen-bond acceptors (Lipinski definition) is 7. The molecule has 0 aliphatic heterocycles. The molecule has 1 N–H and O–H groups in total. The third-order valence-corrected chi connectivity index (χ3v) is 5.64. The molecule has 0 spiro atoms. The number of benzene rings is 2. The molecule has 0 saturated carbocycles. The molecule has 1 amide bonds. The van der Waals surface area contributed by atoms with Crippen LogP contribution in [0.1, 0.15) is 12.7 Å². The SMILES string of the molecule is CCn1c(COc2ccc(F)cc2Cl)nnc1SCC(=O)Nc1ccc(OC)cc1OC. The van der Waals surface area contributed by atoms with Crippen molar-refractivity contribution in [2.75, 3.05) is 25.3 Å². The largest absolute Gasteiger partial charge is 0.497 e. The summed E-state index contributed by atoms with van der Waals surface area (Å²) in [4.78, 5) is 12.4. The molecule has 3 rings (SSSR count). The van der Waals surface area contributed by atoms with E-state index in [4.69, 9.17) is 25.8 Å². The molecule has 8 nitrogen and oxygen atoms in total. The molecule has 3 aromatic rings. The van der Waals surface area contributed by atoms with E-state index in [0.717, 1.165) is 0 Å². The van der Waals surface area contributed by atoms with Crippen LogP contribution < -0.4 is 19.5 Å². The van der Waals surface area contributed by atoms with E-state index < -0.39 is 5.82 Å². The molecule has 2 aromatic carbocycles. The molecule has 0 aliphatic carbocycles. The molecule has 0 radical (unpaired) electrons. The van der Waals surface area contributed by atoms with Gasteiger partial charge in [-0.3, -0.25) is 4.79 Å². The van der Waals surface area contributed by atoms with Crippen LogP contribution in [0.15, 0.2) is 41.6 Å². The average molecular weight is 481 g/mol. The topological polar surface area (TPSA) is 87.5 Å². The van der Waals surface area contributed by atoms with Gasteiger partial charge in [-0.25, -0.2) is 4.39 Å². The van der Waals surface area contributed by atoms with Gasteiger partial charge in [0.1, 0.15) is 29.7 Å². The smallest absolute Gasteiger partial charge is 0.234 e. The van der Waals surface area contributed by atoms with Crippen LogP contribution in [0.25, 0.3) is 0 Å². The van der Waals surface area contributed by atoms with Crippen molar-refractivity contribution in [1.29, 1.82) is 0 Å². The maximum atomic E-state index is 13.2. The summed E-state index contributed by atoms with van der Waals surface area (Å²) in [7, 11) is 3.08. The van der Waals surface area contributed by atoms with Crippen LogP contribution >= 0.6 is 23.4 Å². The number of carbonyl (C=O) groups excluding carboxylic acids is 1. The van der Waals surface area contributed by atoms with Crippen LogP contribution in [-0.2, 0) is 17.9 Å². The number of hydrogen-bond donors (Lipinski definition) is 1. The van der Waals surface area contributed by atoms with Crippen molar-refractivity contribution in [3.8, 4) is 17.2 Å². The Morgan fingerprint density at radius 2 is 1.97 bits per heavy atom. The minimum absolute atomic E-state index is 0.0992. The van der Waals surface area contributed by atoms with Crippen molar-refractivity contribution < 1.29 is 23.4 Å². The quantitative estimate of drug-likeness (QED) is 0.430. The average Bonchev–Trinajstić information content (AvgIpc) is 3.19. The van der Waals surface area contributed by atoms with Crippen molar-refractivity contribution >= 4 is 35.0 Å². The Kier molecular flexibility index (Phi) is 8.18. The zero-order valence-corrected chi connectivity index (χ0v) is 19.3. The van der Waals surface area contributed by atoms with Crippen molar-refractivity contribution in [1.82, 2.24) is 14.8 Å². The van der Waals surface area contributed by atoms with Crippen LogP contribution in [0, 0.1) is 5.82 Å². The highest BCUT2D eigenvalue weighted by molar-refractivity contribution is 7.99. The van der Waals surface area contributed by atoms with Crippen molar-refractivity contribution in [2.24, 2.45) is 0 Å². The third-order valence-electron chi connectivity index (χ3n) is 4.38. The maximum Gasteiger partial charge on any atom is 0.234 e. The summed E-state index contributed by atoms with van der Waals surface area (Å²) >= 11 is 7.24. The van der Waals surface area contributed by atoms with Crippen molar-refractivity contribution in [3.05, 3.63) is 53.1 Å². The maximum absolute atomic E-state index is 13.2. The van der Waals surface area contributed by atoms with Gasteiger partial charge in [0.05, 0.1) is 30.7 Å². The van der Waals surface area contributed by atoms with Gasteiger partial charge in [-0.05, 0) is 37.3 Å². The van der Waals surface area contributed by atoms with Crippen LogP contribution in [0.2, 0.25) is 5.02 Å². The number of nitrogens with one attached hydrogen (secondary N) is 1. The van der Waals surface area contributed by atoms with Gasteiger partial charge in [-0.1, -0.05) is 23.4 Å². The first-order chi connectivity index (χ1) is 15.4. The van der Waals surface area contributed by atoms with E-state index in [0.29, 0.717) is 40.5 Å². The van der Waals surface area contributed by atoms with E-state index >= 15 is 0 Å². The Labute approximate surface area is 194 Å². The Morgan fingerprint density at radius 1 is 1.16 bits per heavy atom. The molecule has 32 heavy (non-hydrogen) atoms. The normalized spacial score (nSPS) is 10.7. The fraction of sp³-hybridized carbons (Fsp3) is 0.286. The molecule has 0 bridgehead atoms. The fourth-order valence-electron chi connectivity index (χ4n) is 2.80. The number of amides is 1. The Balaban J connectivity index is 1.61. The number of halogens is 2. The Bertz CT molecular complexity index is 1100. The van der Waals surface area contributed by atoms with Crippen molar-refractivity contribution in [2.45, 2.75) is 25.2 Å². The molecular formula is C21H22ClFN4O4S. The summed E-state index contributed by atoms with van der Waals surface area (Å²) < 4.78 is 31.1. The second-order valence-electron chi connectivity index (χ2n) is 6.41. The molecular weight excluding hydrogens is 459 g/mol. The lowest BCUT2D eigenvalue weighted by Gasteiger charge is -2.12. The Hall–Kier alpha value is -2.98. The first-order valence-corrected chi connectivity index (χ1v) is 11.0. The number of methoxy groups -OCH3 is 2. The number of nitrogens with zero attached hydrogens (tertiary/aromatic N) is 3. The molecule has 11 heteroatoms. The van der Waals surface area contributed by atoms with Crippen LogP contribution in [0.5, 0.6) is 17.2 Å². The van der Waals surface area contributed by atoms with Gasteiger partial charge >= 0.3 is 0 Å². The number of thioether (sulfide) groups is 1. The van der Waals surface area contributed by atoms with E-state index in [1.807, 2.05) is 11.5 Å². The number of aromatic nitrogens is 3. The van der Waals surface area contributed by atoms with Crippen molar-refractivity contribution in [3.63, 3.8) is 0 Å². The molecule has 1 heterocycles. The van der Waals surface area contributed by atoms with E-state index in [1.54, 1.807) is 25.3 Å². The molecule has 1 aromatic heterocycles. The van der Waals surface area contributed by atoms with E-state index in [-0.39, 0.29) is 23.3 Å². The van der Waals surface area contributed by atoms with Gasteiger partial charge in [0, 0.05) is 12.6 Å². The molecule has 0 atom stereocenters. The van der Waals surface area contributed by atoms with Crippen LogP contribution in [-0.4, -0.2) is 40.6 Å². The summed E-state index contributed by atoms with van der Waals surface area (Å²) in [5.41, 5.74) is 0.543. The number of carbonyl (C=O) groups is 1. The van der Waals surface area contributed by atoms with Gasteiger partial charge in [0.25, 0.3) is 0 Å². The monoisotopic (exact) mass is 480 g/mol. The number of anilines is 1. The number of ether oxygens (including phenoxy) is 3. The second-order valence-corrected chi connectivity index (χ2v) is 7.76. The first-order valence-electron chi connectivity index (χ1n) is 9.59. The van der Waals surface area contributed by atoms with Gasteiger partial charge < -0.3 is 24.1 Å². The lowest BCUT2D eigenvalue weighted by Crippen LogP contribution is -2.15. The van der Waals surface area contributed by atoms with E-state index in [9.17, 15) is 9.18 Å². The van der Waals surface area contributed by atoms with Gasteiger partial charge in [-0.2, -0.15) is 0 Å².